The minimum absolute atomic E-state index is 0. The Kier molecular flexibility index (Phi) is 8.29. The van der Waals surface area contributed by atoms with Gasteiger partial charge in [-0.1, -0.05) is 6.92 Å². The fraction of sp³-hybridized carbons (Fsp3) is 0.900. The van der Waals surface area contributed by atoms with Gasteiger partial charge in [0, 0.05) is 11.8 Å². The van der Waals surface area contributed by atoms with Crippen LogP contribution < -0.4 is 10.6 Å². The summed E-state index contributed by atoms with van der Waals surface area (Å²) in [5, 5.41) is 6.58. The van der Waals surface area contributed by atoms with E-state index in [1.165, 1.54) is 12.8 Å². The van der Waals surface area contributed by atoms with Crippen LogP contribution in [0.2, 0.25) is 0 Å². The summed E-state index contributed by atoms with van der Waals surface area (Å²) in [6.07, 6.45) is 4.72. The second-order valence-corrected chi connectivity index (χ2v) is 5.20. The first kappa shape index (κ1) is 15.1. The SMILES string of the molecule is CSC(C)CNC(=O)CNCC1CC1.Cl. The fourth-order valence-corrected chi connectivity index (χ4v) is 1.37. The quantitative estimate of drug-likeness (QED) is 0.717. The van der Waals surface area contributed by atoms with Crippen molar-refractivity contribution in [1.82, 2.24) is 10.6 Å². The van der Waals surface area contributed by atoms with E-state index in [2.05, 4.69) is 23.8 Å². The number of halogens is 1. The zero-order valence-electron chi connectivity index (χ0n) is 9.41. The predicted octanol–water partition coefficient (Wildman–Crippen LogP) is 1.28. The van der Waals surface area contributed by atoms with Crippen molar-refractivity contribution in [1.29, 1.82) is 0 Å². The van der Waals surface area contributed by atoms with Crippen LogP contribution in [0.15, 0.2) is 0 Å². The molecule has 0 spiro atoms. The van der Waals surface area contributed by atoms with Crippen molar-refractivity contribution < 1.29 is 4.79 Å². The molecule has 1 aliphatic rings. The first-order valence-corrected chi connectivity index (χ1v) is 6.51. The topological polar surface area (TPSA) is 41.1 Å². The Balaban J connectivity index is 0.00000196. The first-order valence-electron chi connectivity index (χ1n) is 5.22. The molecular formula is C10H21ClN2OS. The Morgan fingerprint density at radius 1 is 1.53 bits per heavy atom. The Bertz CT molecular complexity index is 188. The van der Waals surface area contributed by atoms with Crippen LogP contribution in [0.1, 0.15) is 19.8 Å². The maximum absolute atomic E-state index is 11.3. The lowest BCUT2D eigenvalue weighted by molar-refractivity contribution is -0.120. The van der Waals surface area contributed by atoms with Gasteiger partial charge in [-0.05, 0) is 31.6 Å². The Morgan fingerprint density at radius 3 is 2.73 bits per heavy atom. The fourth-order valence-electron chi connectivity index (χ4n) is 1.12. The van der Waals surface area contributed by atoms with Gasteiger partial charge < -0.3 is 10.6 Å². The lowest BCUT2D eigenvalue weighted by Gasteiger charge is -2.10. The highest BCUT2D eigenvalue weighted by molar-refractivity contribution is 7.99. The number of carbonyl (C=O) groups excluding carboxylic acids is 1. The van der Waals surface area contributed by atoms with E-state index in [4.69, 9.17) is 0 Å². The number of carbonyl (C=O) groups is 1. The standard InChI is InChI=1S/C10H20N2OS.ClH/c1-8(14-2)5-12-10(13)7-11-6-9-3-4-9;/h8-9,11H,3-7H2,1-2H3,(H,12,13);1H. The molecule has 0 bridgehead atoms. The molecule has 0 heterocycles. The van der Waals surface area contributed by atoms with Gasteiger partial charge in [0.15, 0.2) is 0 Å². The van der Waals surface area contributed by atoms with Crippen LogP contribution in [0.3, 0.4) is 0 Å². The largest absolute Gasteiger partial charge is 0.354 e. The molecular weight excluding hydrogens is 232 g/mol. The molecule has 90 valence electrons. The normalized spacial score (nSPS) is 16.7. The van der Waals surface area contributed by atoms with Crippen LogP contribution in [-0.2, 0) is 4.79 Å². The van der Waals surface area contributed by atoms with Crippen LogP contribution in [0.5, 0.6) is 0 Å². The monoisotopic (exact) mass is 252 g/mol. The van der Waals surface area contributed by atoms with E-state index in [1.54, 1.807) is 11.8 Å². The van der Waals surface area contributed by atoms with Crippen molar-refractivity contribution >= 4 is 30.1 Å². The van der Waals surface area contributed by atoms with Crippen LogP contribution in [0.4, 0.5) is 0 Å². The van der Waals surface area contributed by atoms with Gasteiger partial charge in [-0.2, -0.15) is 11.8 Å². The highest BCUT2D eigenvalue weighted by Crippen LogP contribution is 2.27. The highest BCUT2D eigenvalue weighted by Gasteiger charge is 2.20. The molecule has 1 rings (SSSR count). The zero-order chi connectivity index (χ0) is 10.4. The van der Waals surface area contributed by atoms with E-state index >= 15 is 0 Å². The van der Waals surface area contributed by atoms with Gasteiger partial charge in [-0.25, -0.2) is 0 Å². The third-order valence-electron chi connectivity index (χ3n) is 2.40. The summed E-state index contributed by atoms with van der Waals surface area (Å²) >= 11 is 1.77. The molecule has 2 N–H and O–H groups in total. The average molecular weight is 253 g/mol. The van der Waals surface area contributed by atoms with Gasteiger partial charge >= 0.3 is 0 Å². The lowest BCUT2D eigenvalue weighted by atomic mass is 10.4. The van der Waals surface area contributed by atoms with Gasteiger partial charge in [0.05, 0.1) is 6.54 Å². The predicted molar refractivity (Wildman–Crippen MR) is 68.8 cm³/mol. The maximum Gasteiger partial charge on any atom is 0.233 e. The van der Waals surface area contributed by atoms with Gasteiger partial charge in [-0.3, -0.25) is 4.79 Å². The van der Waals surface area contributed by atoms with Crippen molar-refractivity contribution in [2.24, 2.45) is 5.92 Å². The molecule has 15 heavy (non-hydrogen) atoms. The average Bonchev–Trinajstić information content (AvgIpc) is 2.98. The summed E-state index contributed by atoms with van der Waals surface area (Å²) < 4.78 is 0. The van der Waals surface area contributed by atoms with Gasteiger partial charge in [0.2, 0.25) is 5.91 Å². The van der Waals surface area contributed by atoms with Crippen LogP contribution in [-0.4, -0.2) is 37.0 Å². The number of hydrogen-bond donors (Lipinski definition) is 2. The van der Waals surface area contributed by atoms with Crippen molar-refractivity contribution in [2.45, 2.75) is 25.0 Å². The van der Waals surface area contributed by atoms with Crippen molar-refractivity contribution in [3.63, 3.8) is 0 Å². The summed E-state index contributed by atoms with van der Waals surface area (Å²) in [5.74, 6) is 0.958. The van der Waals surface area contributed by atoms with E-state index in [0.717, 1.165) is 19.0 Å². The molecule has 1 saturated carbocycles. The molecule has 1 unspecified atom stereocenters. The Hall–Kier alpha value is 0.0700. The van der Waals surface area contributed by atoms with E-state index in [9.17, 15) is 4.79 Å². The molecule has 1 aliphatic carbocycles. The smallest absolute Gasteiger partial charge is 0.233 e. The van der Waals surface area contributed by atoms with Gasteiger partial charge in [0.1, 0.15) is 0 Å². The van der Waals surface area contributed by atoms with Crippen LogP contribution in [0.25, 0.3) is 0 Å². The molecule has 5 heteroatoms. The second-order valence-electron chi connectivity index (χ2n) is 3.92. The van der Waals surface area contributed by atoms with Crippen LogP contribution >= 0.6 is 24.2 Å². The third-order valence-corrected chi connectivity index (χ3v) is 3.38. The molecule has 0 aromatic carbocycles. The molecule has 0 aromatic heterocycles. The lowest BCUT2D eigenvalue weighted by Crippen LogP contribution is -2.37. The van der Waals surface area contributed by atoms with Crippen molar-refractivity contribution in [2.75, 3.05) is 25.9 Å². The number of rotatable bonds is 7. The first-order chi connectivity index (χ1) is 6.72. The second kappa shape index (κ2) is 8.25. The van der Waals surface area contributed by atoms with E-state index < -0.39 is 0 Å². The number of hydrogen-bond acceptors (Lipinski definition) is 3. The maximum atomic E-state index is 11.3. The Morgan fingerprint density at radius 2 is 2.20 bits per heavy atom. The van der Waals surface area contributed by atoms with Crippen molar-refractivity contribution in [3.05, 3.63) is 0 Å². The Labute approximate surface area is 103 Å². The summed E-state index contributed by atoms with van der Waals surface area (Å²) in [6.45, 7) is 4.36. The van der Waals surface area contributed by atoms with E-state index in [-0.39, 0.29) is 18.3 Å². The third kappa shape index (κ3) is 7.94. The summed E-state index contributed by atoms with van der Waals surface area (Å²) in [4.78, 5) is 11.3. The molecule has 0 radical (unpaired) electrons. The minimum Gasteiger partial charge on any atom is -0.354 e. The van der Waals surface area contributed by atoms with E-state index in [0.29, 0.717) is 11.8 Å². The molecule has 0 saturated heterocycles. The zero-order valence-corrected chi connectivity index (χ0v) is 11.0. The summed E-state index contributed by atoms with van der Waals surface area (Å²) in [5.41, 5.74) is 0. The highest BCUT2D eigenvalue weighted by atomic mass is 35.5. The van der Waals surface area contributed by atoms with Crippen molar-refractivity contribution in [3.8, 4) is 0 Å². The molecule has 1 fully saturated rings. The molecule has 0 aliphatic heterocycles. The number of thioether (sulfide) groups is 1. The molecule has 1 atom stereocenters. The van der Waals surface area contributed by atoms with Gasteiger partial charge in [-0.15, -0.1) is 12.4 Å². The number of amides is 1. The molecule has 0 aromatic rings. The summed E-state index contributed by atoms with van der Waals surface area (Å²) in [6, 6.07) is 0. The van der Waals surface area contributed by atoms with Gasteiger partial charge in [0.25, 0.3) is 0 Å². The molecule has 1 amide bonds. The minimum atomic E-state index is 0. The number of nitrogens with one attached hydrogen (secondary N) is 2. The van der Waals surface area contributed by atoms with Crippen LogP contribution in [0, 0.1) is 5.92 Å². The molecule has 3 nitrogen and oxygen atoms in total. The summed E-state index contributed by atoms with van der Waals surface area (Å²) in [7, 11) is 0. The van der Waals surface area contributed by atoms with E-state index in [1.807, 2.05) is 0 Å².